The lowest BCUT2D eigenvalue weighted by Crippen LogP contribution is -2.44. The lowest BCUT2D eigenvalue weighted by atomic mass is 9.96. The van der Waals surface area contributed by atoms with Gasteiger partial charge < -0.3 is 20.1 Å². The van der Waals surface area contributed by atoms with Gasteiger partial charge in [-0.1, -0.05) is 38.1 Å². The molecule has 0 bridgehead atoms. The first-order valence-electron chi connectivity index (χ1n) is 9.17. The number of amides is 1. The highest BCUT2D eigenvalue weighted by atomic mass is 19.1. The molecule has 27 heavy (non-hydrogen) atoms. The molecule has 3 rings (SSSR count). The highest BCUT2D eigenvalue weighted by Gasteiger charge is 2.21. The van der Waals surface area contributed by atoms with E-state index in [0.29, 0.717) is 18.9 Å². The Kier molecular flexibility index (Phi) is 6.29. The van der Waals surface area contributed by atoms with Crippen LogP contribution in [0.3, 0.4) is 0 Å². The Labute approximate surface area is 158 Å². The molecule has 0 saturated heterocycles. The van der Waals surface area contributed by atoms with E-state index in [-0.39, 0.29) is 36.3 Å². The fraction of sp³-hybridized carbons (Fsp3) is 0.381. The third-order valence-electron chi connectivity index (χ3n) is 4.47. The molecule has 0 aliphatic carbocycles. The van der Waals surface area contributed by atoms with Crippen LogP contribution in [-0.4, -0.2) is 31.7 Å². The molecule has 0 aromatic heterocycles. The van der Waals surface area contributed by atoms with Crippen LogP contribution in [-0.2, 0) is 4.79 Å². The highest BCUT2D eigenvalue weighted by Crippen LogP contribution is 2.30. The molecule has 0 spiro atoms. The van der Waals surface area contributed by atoms with Gasteiger partial charge in [0.1, 0.15) is 18.5 Å². The fourth-order valence-electron chi connectivity index (χ4n) is 3.07. The van der Waals surface area contributed by atoms with E-state index in [9.17, 15) is 9.18 Å². The summed E-state index contributed by atoms with van der Waals surface area (Å²) >= 11 is 0. The average Bonchev–Trinajstić information content (AvgIpc) is 2.67. The van der Waals surface area contributed by atoms with Gasteiger partial charge in [-0.05, 0) is 35.7 Å². The van der Waals surface area contributed by atoms with E-state index in [1.165, 1.54) is 12.1 Å². The van der Waals surface area contributed by atoms with Gasteiger partial charge >= 0.3 is 0 Å². The minimum absolute atomic E-state index is 0.0301. The van der Waals surface area contributed by atoms with Crippen molar-refractivity contribution in [2.24, 2.45) is 5.92 Å². The zero-order chi connectivity index (χ0) is 19.2. The Morgan fingerprint density at radius 2 is 1.85 bits per heavy atom. The summed E-state index contributed by atoms with van der Waals surface area (Å²) in [4.78, 5) is 12.2. The van der Waals surface area contributed by atoms with Crippen LogP contribution in [0.4, 0.5) is 4.39 Å². The monoisotopic (exact) mass is 372 g/mol. The number of hydrogen-bond donors (Lipinski definition) is 2. The maximum absolute atomic E-state index is 13.1. The van der Waals surface area contributed by atoms with Gasteiger partial charge in [0.05, 0.1) is 13.1 Å². The molecule has 144 valence electrons. The second-order valence-electron chi connectivity index (χ2n) is 6.96. The van der Waals surface area contributed by atoms with Crippen LogP contribution in [0.2, 0.25) is 0 Å². The molecule has 1 aliphatic rings. The van der Waals surface area contributed by atoms with Gasteiger partial charge in [0.25, 0.3) is 0 Å². The first kappa shape index (κ1) is 19.2. The summed E-state index contributed by atoms with van der Waals surface area (Å²) in [6.45, 7) is 5.06. The number of para-hydroxylation sites is 2. The molecule has 2 aromatic carbocycles. The second kappa shape index (κ2) is 8.86. The smallest absolute Gasteiger partial charge is 0.234 e. The van der Waals surface area contributed by atoms with Crippen molar-refractivity contribution in [2.75, 3.05) is 19.7 Å². The standard InChI is InChI=1S/C21H25FN2O3/c1-14(2)21(15-7-9-16(22)10-8-15)24-12-20(25)23-11-17-13-26-18-5-3-4-6-19(18)27-17/h3-10,14,17,21,24H,11-13H2,1-2H3,(H,23,25). The third-order valence-corrected chi connectivity index (χ3v) is 4.47. The Hall–Kier alpha value is -2.60. The van der Waals surface area contributed by atoms with E-state index in [4.69, 9.17) is 9.47 Å². The number of rotatable bonds is 7. The summed E-state index contributed by atoms with van der Waals surface area (Å²) in [7, 11) is 0. The van der Waals surface area contributed by atoms with Gasteiger partial charge in [0.15, 0.2) is 11.5 Å². The molecule has 1 heterocycles. The van der Waals surface area contributed by atoms with Gasteiger partial charge in [-0.3, -0.25) is 4.79 Å². The quantitative estimate of drug-likeness (QED) is 0.784. The predicted molar refractivity (Wildman–Crippen MR) is 101 cm³/mol. The summed E-state index contributed by atoms with van der Waals surface area (Å²) in [5, 5.41) is 6.12. The molecule has 2 unspecified atom stereocenters. The van der Waals surface area contributed by atoms with E-state index in [1.54, 1.807) is 12.1 Å². The normalized spacial score (nSPS) is 16.8. The van der Waals surface area contributed by atoms with Gasteiger partial charge in [-0.2, -0.15) is 0 Å². The predicted octanol–water partition coefficient (Wildman–Crippen LogP) is 3.07. The number of hydrogen-bond acceptors (Lipinski definition) is 4. The molecule has 1 amide bonds. The molecule has 0 radical (unpaired) electrons. The van der Waals surface area contributed by atoms with Gasteiger partial charge in [0, 0.05) is 6.04 Å². The van der Waals surface area contributed by atoms with Crippen LogP contribution >= 0.6 is 0 Å². The molecule has 2 N–H and O–H groups in total. The van der Waals surface area contributed by atoms with Crippen molar-refractivity contribution in [3.8, 4) is 11.5 Å². The molecule has 2 atom stereocenters. The molecule has 5 nitrogen and oxygen atoms in total. The van der Waals surface area contributed by atoms with Crippen molar-refractivity contribution in [3.05, 3.63) is 59.9 Å². The van der Waals surface area contributed by atoms with Crippen molar-refractivity contribution >= 4 is 5.91 Å². The van der Waals surface area contributed by atoms with E-state index in [1.807, 2.05) is 24.3 Å². The number of carbonyl (C=O) groups is 1. The minimum atomic E-state index is -0.268. The fourth-order valence-corrected chi connectivity index (χ4v) is 3.07. The first-order chi connectivity index (χ1) is 13.0. The Morgan fingerprint density at radius 1 is 1.15 bits per heavy atom. The molecule has 1 aliphatic heterocycles. The number of carbonyl (C=O) groups excluding carboxylic acids is 1. The van der Waals surface area contributed by atoms with Crippen molar-refractivity contribution in [1.82, 2.24) is 10.6 Å². The zero-order valence-corrected chi connectivity index (χ0v) is 15.6. The number of benzene rings is 2. The molecule has 2 aromatic rings. The summed E-state index contributed by atoms with van der Waals surface area (Å²) < 4.78 is 24.6. The van der Waals surface area contributed by atoms with Crippen LogP contribution in [0.5, 0.6) is 11.5 Å². The summed E-state index contributed by atoms with van der Waals surface area (Å²) in [6, 6.07) is 13.8. The number of fused-ring (bicyclic) bond motifs is 1. The summed E-state index contributed by atoms with van der Waals surface area (Å²) in [6.07, 6.45) is -0.221. The van der Waals surface area contributed by atoms with E-state index < -0.39 is 0 Å². The topological polar surface area (TPSA) is 59.6 Å². The largest absolute Gasteiger partial charge is 0.486 e. The average molecular weight is 372 g/mol. The van der Waals surface area contributed by atoms with Crippen LogP contribution in [0.1, 0.15) is 25.5 Å². The van der Waals surface area contributed by atoms with Crippen molar-refractivity contribution in [1.29, 1.82) is 0 Å². The van der Waals surface area contributed by atoms with Crippen molar-refractivity contribution in [3.63, 3.8) is 0 Å². The Morgan fingerprint density at radius 3 is 2.56 bits per heavy atom. The van der Waals surface area contributed by atoms with Gasteiger partial charge in [-0.15, -0.1) is 0 Å². The molecular formula is C21H25FN2O3. The molecule has 0 saturated carbocycles. The number of nitrogens with one attached hydrogen (secondary N) is 2. The summed E-state index contributed by atoms with van der Waals surface area (Å²) in [5.41, 5.74) is 0.958. The Balaban J connectivity index is 1.47. The van der Waals surface area contributed by atoms with E-state index in [0.717, 1.165) is 11.3 Å². The Bertz CT molecular complexity index is 764. The van der Waals surface area contributed by atoms with Gasteiger partial charge in [0.2, 0.25) is 5.91 Å². The maximum atomic E-state index is 13.1. The number of ether oxygens (including phenoxy) is 2. The van der Waals surface area contributed by atoms with E-state index >= 15 is 0 Å². The third kappa shape index (κ3) is 5.20. The summed E-state index contributed by atoms with van der Waals surface area (Å²) in [5.74, 6) is 1.29. The van der Waals surface area contributed by atoms with Crippen LogP contribution in [0.25, 0.3) is 0 Å². The number of halogens is 1. The first-order valence-corrected chi connectivity index (χ1v) is 9.17. The molecule has 0 fully saturated rings. The van der Waals surface area contributed by atoms with E-state index in [2.05, 4.69) is 24.5 Å². The molecule has 6 heteroatoms. The van der Waals surface area contributed by atoms with Crippen molar-refractivity contribution in [2.45, 2.75) is 26.0 Å². The maximum Gasteiger partial charge on any atom is 0.234 e. The minimum Gasteiger partial charge on any atom is -0.486 e. The molecular weight excluding hydrogens is 347 g/mol. The SMILES string of the molecule is CC(C)C(NCC(=O)NCC1COc2ccccc2O1)c1ccc(F)cc1. The van der Waals surface area contributed by atoms with Crippen LogP contribution < -0.4 is 20.1 Å². The van der Waals surface area contributed by atoms with Crippen LogP contribution in [0, 0.1) is 11.7 Å². The van der Waals surface area contributed by atoms with Crippen molar-refractivity contribution < 1.29 is 18.7 Å². The van der Waals surface area contributed by atoms with Crippen LogP contribution in [0.15, 0.2) is 48.5 Å². The zero-order valence-electron chi connectivity index (χ0n) is 15.6. The lowest BCUT2D eigenvalue weighted by Gasteiger charge is -2.27. The lowest BCUT2D eigenvalue weighted by molar-refractivity contribution is -0.120. The highest BCUT2D eigenvalue weighted by molar-refractivity contribution is 5.78. The second-order valence-corrected chi connectivity index (χ2v) is 6.96. The van der Waals surface area contributed by atoms with Gasteiger partial charge in [-0.25, -0.2) is 4.39 Å².